The Morgan fingerprint density at radius 1 is 1.22 bits per heavy atom. The summed E-state index contributed by atoms with van der Waals surface area (Å²) in [6, 6.07) is 6.40. The van der Waals surface area contributed by atoms with Crippen LogP contribution < -0.4 is 5.32 Å². The van der Waals surface area contributed by atoms with Gasteiger partial charge in [-0.1, -0.05) is 6.07 Å². The zero-order chi connectivity index (χ0) is 19.4. The maximum atomic E-state index is 12.7. The van der Waals surface area contributed by atoms with E-state index in [9.17, 15) is 14.4 Å². The van der Waals surface area contributed by atoms with E-state index in [1.165, 1.54) is 16.0 Å². The molecule has 1 fully saturated rings. The molecule has 1 aromatic rings. The maximum Gasteiger partial charge on any atom is 0.303 e. The van der Waals surface area contributed by atoms with Crippen LogP contribution in [0.25, 0.3) is 0 Å². The zero-order valence-corrected chi connectivity index (χ0v) is 16.4. The average molecular weight is 391 g/mol. The summed E-state index contributed by atoms with van der Waals surface area (Å²) in [5.41, 5.74) is 1.96. The van der Waals surface area contributed by atoms with Crippen LogP contribution in [-0.2, 0) is 27.3 Å². The van der Waals surface area contributed by atoms with E-state index in [1.54, 1.807) is 11.8 Å². The van der Waals surface area contributed by atoms with Gasteiger partial charge in [-0.25, -0.2) is 0 Å². The number of carbonyl (C=O) groups excluding carboxylic acids is 2. The monoisotopic (exact) mass is 390 g/mol. The fraction of sp³-hybridized carbons (Fsp3) is 0.550. The first kappa shape index (κ1) is 19.7. The number of rotatable bonds is 7. The first-order valence-corrected chi connectivity index (χ1v) is 10.6. The van der Waals surface area contributed by atoms with Gasteiger partial charge in [0.1, 0.15) is 0 Å². The van der Waals surface area contributed by atoms with E-state index in [1.807, 2.05) is 4.90 Å². The van der Waals surface area contributed by atoms with Crippen LogP contribution in [0.4, 0.5) is 0 Å². The molecule has 2 aliphatic heterocycles. The SMILES string of the molecule is CSc1ccc2c(c1)CCN(C(=O)CC[C@@]1(CCC(=O)O)CCC(=O)N1)C2. The van der Waals surface area contributed by atoms with Gasteiger partial charge in [-0.05, 0) is 55.2 Å². The number of amides is 2. The number of nitrogens with zero attached hydrogens (tertiary/aromatic N) is 1. The van der Waals surface area contributed by atoms with Gasteiger partial charge in [-0.2, -0.15) is 0 Å². The Hall–Kier alpha value is -2.02. The Balaban J connectivity index is 1.59. The predicted octanol–water partition coefficient (Wildman–Crippen LogP) is 2.59. The van der Waals surface area contributed by atoms with Crippen molar-refractivity contribution in [2.75, 3.05) is 12.8 Å². The molecule has 7 heteroatoms. The third-order valence-electron chi connectivity index (χ3n) is 5.65. The first-order chi connectivity index (χ1) is 12.9. The third kappa shape index (κ3) is 4.83. The topological polar surface area (TPSA) is 86.7 Å². The highest BCUT2D eigenvalue weighted by atomic mass is 32.2. The molecular formula is C20H26N2O4S. The number of hydrogen-bond donors (Lipinski definition) is 2. The van der Waals surface area contributed by atoms with Gasteiger partial charge in [0.2, 0.25) is 11.8 Å². The fourth-order valence-corrected chi connectivity index (χ4v) is 4.46. The van der Waals surface area contributed by atoms with Crippen molar-refractivity contribution in [3.05, 3.63) is 29.3 Å². The predicted molar refractivity (Wildman–Crippen MR) is 104 cm³/mol. The zero-order valence-electron chi connectivity index (χ0n) is 15.6. The van der Waals surface area contributed by atoms with Crippen LogP contribution >= 0.6 is 11.8 Å². The summed E-state index contributed by atoms with van der Waals surface area (Å²) < 4.78 is 0. The second-order valence-electron chi connectivity index (χ2n) is 7.42. The molecule has 0 saturated carbocycles. The summed E-state index contributed by atoms with van der Waals surface area (Å²) in [7, 11) is 0. The van der Waals surface area contributed by atoms with E-state index >= 15 is 0 Å². The van der Waals surface area contributed by atoms with Crippen LogP contribution in [0.3, 0.4) is 0 Å². The van der Waals surface area contributed by atoms with Crippen LogP contribution in [0.1, 0.15) is 49.7 Å². The molecule has 2 heterocycles. The van der Waals surface area contributed by atoms with E-state index in [2.05, 4.69) is 29.8 Å². The van der Waals surface area contributed by atoms with E-state index in [0.29, 0.717) is 45.2 Å². The molecular weight excluding hydrogens is 364 g/mol. The lowest BCUT2D eigenvalue weighted by Gasteiger charge is -2.32. The number of nitrogens with one attached hydrogen (secondary N) is 1. The van der Waals surface area contributed by atoms with Crippen molar-refractivity contribution in [1.29, 1.82) is 0 Å². The van der Waals surface area contributed by atoms with Crippen LogP contribution in [-0.4, -0.2) is 46.1 Å². The molecule has 0 spiro atoms. The summed E-state index contributed by atoms with van der Waals surface area (Å²) in [6.45, 7) is 1.33. The number of carboxylic acid groups (broad SMARTS) is 1. The Labute approximate surface area is 163 Å². The summed E-state index contributed by atoms with van der Waals surface area (Å²) in [4.78, 5) is 38.5. The largest absolute Gasteiger partial charge is 0.481 e. The highest BCUT2D eigenvalue weighted by Gasteiger charge is 2.38. The molecule has 0 bridgehead atoms. The normalized spacial score (nSPS) is 21.7. The number of thioether (sulfide) groups is 1. The standard InChI is InChI=1S/C20H26N2O4S/c1-27-16-3-2-15-13-22(11-7-14(15)12-16)18(24)5-9-20(10-6-19(25)26)8-4-17(23)21-20/h2-3,12H,4-11,13H2,1H3,(H,21,23)(H,25,26)/t20-/m1/s1. The van der Waals surface area contributed by atoms with Crippen molar-refractivity contribution in [1.82, 2.24) is 10.2 Å². The molecule has 6 nitrogen and oxygen atoms in total. The molecule has 0 radical (unpaired) electrons. The number of carbonyl (C=O) groups is 3. The van der Waals surface area contributed by atoms with Crippen molar-refractivity contribution in [3.63, 3.8) is 0 Å². The Morgan fingerprint density at radius 3 is 2.67 bits per heavy atom. The minimum atomic E-state index is -0.876. The number of benzene rings is 1. The minimum absolute atomic E-state index is 0.00331. The molecule has 27 heavy (non-hydrogen) atoms. The lowest BCUT2D eigenvalue weighted by atomic mass is 9.86. The summed E-state index contributed by atoms with van der Waals surface area (Å²) >= 11 is 1.72. The lowest BCUT2D eigenvalue weighted by Crippen LogP contribution is -2.44. The molecule has 146 valence electrons. The van der Waals surface area contributed by atoms with E-state index in [4.69, 9.17) is 5.11 Å². The van der Waals surface area contributed by atoms with Crippen LogP contribution in [0.5, 0.6) is 0 Å². The molecule has 3 rings (SSSR count). The van der Waals surface area contributed by atoms with Gasteiger partial charge in [0.25, 0.3) is 0 Å². The van der Waals surface area contributed by atoms with Gasteiger partial charge in [0.15, 0.2) is 0 Å². The van der Waals surface area contributed by atoms with Gasteiger partial charge < -0.3 is 15.3 Å². The third-order valence-corrected chi connectivity index (χ3v) is 6.37. The van der Waals surface area contributed by atoms with Crippen molar-refractivity contribution in [2.24, 2.45) is 0 Å². The van der Waals surface area contributed by atoms with E-state index in [-0.39, 0.29) is 18.2 Å². The van der Waals surface area contributed by atoms with Gasteiger partial charge in [0.05, 0.1) is 0 Å². The second-order valence-corrected chi connectivity index (χ2v) is 8.30. The summed E-state index contributed by atoms with van der Waals surface area (Å²) in [5, 5.41) is 11.9. The lowest BCUT2D eigenvalue weighted by molar-refractivity contribution is -0.137. The quantitative estimate of drug-likeness (QED) is 0.699. The maximum absolute atomic E-state index is 12.7. The smallest absolute Gasteiger partial charge is 0.303 e. The van der Waals surface area contributed by atoms with Crippen molar-refractivity contribution < 1.29 is 19.5 Å². The van der Waals surface area contributed by atoms with Crippen molar-refractivity contribution in [3.8, 4) is 0 Å². The van der Waals surface area contributed by atoms with Gasteiger partial charge >= 0.3 is 5.97 Å². The number of carboxylic acids is 1. The number of hydrogen-bond acceptors (Lipinski definition) is 4. The molecule has 0 aliphatic carbocycles. The molecule has 2 N–H and O–H groups in total. The number of fused-ring (bicyclic) bond motifs is 1. The minimum Gasteiger partial charge on any atom is -0.481 e. The molecule has 2 amide bonds. The number of aliphatic carboxylic acids is 1. The van der Waals surface area contributed by atoms with Crippen LogP contribution in [0.2, 0.25) is 0 Å². The molecule has 1 aromatic carbocycles. The molecule has 1 saturated heterocycles. The fourth-order valence-electron chi connectivity index (χ4n) is 3.99. The van der Waals surface area contributed by atoms with Crippen LogP contribution in [0.15, 0.2) is 23.1 Å². The molecule has 0 aromatic heterocycles. The Bertz CT molecular complexity index is 751. The molecule has 0 unspecified atom stereocenters. The van der Waals surface area contributed by atoms with Crippen molar-refractivity contribution >= 4 is 29.5 Å². The van der Waals surface area contributed by atoms with E-state index in [0.717, 1.165) is 6.42 Å². The van der Waals surface area contributed by atoms with Gasteiger partial charge in [-0.15, -0.1) is 11.8 Å². The van der Waals surface area contributed by atoms with Gasteiger partial charge in [-0.3, -0.25) is 14.4 Å². The summed E-state index contributed by atoms with van der Waals surface area (Å²) in [6.07, 6.45) is 5.14. The first-order valence-electron chi connectivity index (χ1n) is 9.37. The Kier molecular flexibility index (Phi) is 6.09. The highest BCUT2D eigenvalue weighted by molar-refractivity contribution is 7.98. The van der Waals surface area contributed by atoms with Crippen molar-refractivity contribution in [2.45, 2.75) is 61.9 Å². The van der Waals surface area contributed by atoms with E-state index < -0.39 is 11.5 Å². The summed E-state index contributed by atoms with van der Waals surface area (Å²) in [5.74, 6) is -0.853. The second kappa shape index (κ2) is 8.33. The van der Waals surface area contributed by atoms with Gasteiger partial charge in [0, 0.05) is 42.8 Å². The van der Waals surface area contributed by atoms with Crippen LogP contribution in [0, 0.1) is 0 Å². The average Bonchev–Trinajstić information content (AvgIpc) is 3.05. The highest BCUT2D eigenvalue weighted by Crippen LogP contribution is 2.31. The molecule has 1 atom stereocenters. The molecule has 2 aliphatic rings. The Morgan fingerprint density at radius 2 is 2.00 bits per heavy atom.